The molecule has 3 aromatic heterocycles. The molecule has 0 aromatic carbocycles. The molecule has 0 fully saturated rings. The Labute approximate surface area is 127 Å². The quantitative estimate of drug-likeness (QED) is 0.783. The molecule has 3 aromatic rings. The van der Waals surface area contributed by atoms with Crippen LogP contribution >= 0.6 is 11.3 Å². The van der Waals surface area contributed by atoms with Gasteiger partial charge >= 0.3 is 0 Å². The number of hydrogen-bond donors (Lipinski definition) is 1. The number of nitrogens with one attached hydrogen (secondary N) is 1. The average molecular weight is 296 g/mol. The van der Waals surface area contributed by atoms with Crippen molar-refractivity contribution in [1.29, 1.82) is 0 Å². The highest BCUT2D eigenvalue weighted by Gasteiger charge is 2.23. The molecule has 0 amide bonds. The van der Waals surface area contributed by atoms with Crippen LogP contribution in [0.25, 0.3) is 10.6 Å². The van der Waals surface area contributed by atoms with Gasteiger partial charge in [-0.15, -0.1) is 11.3 Å². The number of anilines is 1. The predicted molar refractivity (Wildman–Crippen MR) is 85.8 cm³/mol. The number of pyridine rings is 1. The molecule has 1 N–H and O–H groups in total. The number of rotatable bonds is 2. The van der Waals surface area contributed by atoms with Crippen molar-refractivity contribution in [3.8, 4) is 10.6 Å². The standard InChI is InChI=1S/C16H16N4S/c1-11-2-3-15(21-11)13-10-16-18-9-6-14(20(16)19-13)12-4-7-17-8-5-12/h2-5,7-8,10,14,18H,6,9H2,1H3. The zero-order valence-corrected chi connectivity index (χ0v) is 12.6. The molecule has 0 bridgehead atoms. The summed E-state index contributed by atoms with van der Waals surface area (Å²) in [5.41, 5.74) is 2.32. The lowest BCUT2D eigenvalue weighted by molar-refractivity contribution is 0.483. The van der Waals surface area contributed by atoms with E-state index in [0.717, 1.165) is 24.5 Å². The van der Waals surface area contributed by atoms with Gasteiger partial charge in [-0.25, -0.2) is 4.68 Å². The largest absolute Gasteiger partial charge is 0.370 e. The van der Waals surface area contributed by atoms with E-state index >= 15 is 0 Å². The fourth-order valence-corrected chi connectivity index (χ4v) is 3.63. The summed E-state index contributed by atoms with van der Waals surface area (Å²) in [6.45, 7) is 3.10. The summed E-state index contributed by atoms with van der Waals surface area (Å²) in [5.74, 6) is 1.10. The minimum atomic E-state index is 0.291. The van der Waals surface area contributed by atoms with Crippen molar-refractivity contribution in [2.75, 3.05) is 11.9 Å². The van der Waals surface area contributed by atoms with E-state index in [1.54, 1.807) is 11.3 Å². The van der Waals surface area contributed by atoms with E-state index < -0.39 is 0 Å². The second-order valence-corrected chi connectivity index (χ2v) is 6.57. The summed E-state index contributed by atoms with van der Waals surface area (Å²) in [6, 6.07) is 10.9. The van der Waals surface area contributed by atoms with E-state index in [2.05, 4.69) is 52.2 Å². The zero-order chi connectivity index (χ0) is 14.2. The number of hydrogen-bond acceptors (Lipinski definition) is 4. The van der Waals surface area contributed by atoms with Gasteiger partial charge in [-0.05, 0) is 43.2 Å². The third kappa shape index (κ3) is 2.23. The van der Waals surface area contributed by atoms with Crippen LogP contribution in [-0.4, -0.2) is 21.3 Å². The fourth-order valence-electron chi connectivity index (χ4n) is 2.81. The Morgan fingerprint density at radius 2 is 2.10 bits per heavy atom. The first kappa shape index (κ1) is 12.6. The summed E-state index contributed by atoms with van der Waals surface area (Å²) in [7, 11) is 0. The predicted octanol–water partition coefficient (Wildman–Crippen LogP) is 3.72. The molecule has 0 saturated carbocycles. The normalized spacial score (nSPS) is 17.3. The first-order valence-corrected chi connectivity index (χ1v) is 7.93. The molecular weight excluding hydrogens is 280 g/mol. The van der Waals surface area contributed by atoms with Crippen LogP contribution in [0.5, 0.6) is 0 Å². The van der Waals surface area contributed by atoms with Crippen LogP contribution < -0.4 is 5.32 Å². The summed E-state index contributed by atoms with van der Waals surface area (Å²) in [6.07, 6.45) is 4.75. The topological polar surface area (TPSA) is 42.7 Å². The Balaban J connectivity index is 1.76. The first-order valence-electron chi connectivity index (χ1n) is 7.11. The molecule has 1 unspecified atom stereocenters. The van der Waals surface area contributed by atoms with E-state index in [0.29, 0.717) is 6.04 Å². The minimum absolute atomic E-state index is 0.291. The van der Waals surface area contributed by atoms with Crippen LogP contribution in [-0.2, 0) is 0 Å². The second kappa shape index (κ2) is 5.00. The van der Waals surface area contributed by atoms with Crippen LogP contribution in [0.1, 0.15) is 22.9 Å². The van der Waals surface area contributed by atoms with Crippen LogP contribution in [0.2, 0.25) is 0 Å². The Bertz CT molecular complexity index is 760. The summed E-state index contributed by atoms with van der Waals surface area (Å²) in [5, 5.41) is 8.29. The highest BCUT2D eigenvalue weighted by Crippen LogP contribution is 2.34. The molecule has 0 saturated heterocycles. The lowest BCUT2D eigenvalue weighted by Crippen LogP contribution is -2.24. The molecule has 1 atom stereocenters. The van der Waals surface area contributed by atoms with Gasteiger partial charge in [-0.3, -0.25) is 4.98 Å². The number of fused-ring (bicyclic) bond motifs is 1. The molecule has 0 spiro atoms. The van der Waals surface area contributed by atoms with Crippen LogP contribution in [0.15, 0.2) is 42.7 Å². The smallest absolute Gasteiger partial charge is 0.125 e. The van der Waals surface area contributed by atoms with Crippen molar-refractivity contribution >= 4 is 17.2 Å². The monoisotopic (exact) mass is 296 g/mol. The second-order valence-electron chi connectivity index (χ2n) is 5.28. The molecule has 1 aliphatic rings. The van der Waals surface area contributed by atoms with Crippen LogP contribution in [0.4, 0.5) is 5.82 Å². The Kier molecular flexibility index (Phi) is 3.00. The molecule has 0 aliphatic carbocycles. The maximum Gasteiger partial charge on any atom is 0.125 e. The SMILES string of the molecule is Cc1ccc(-c2cc3n(n2)C(c2ccncc2)CCN3)s1. The van der Waals surface area contributed by atoms with Gasteiger partial charge in [-0.2, -0.15) is 5.10 Å². The molecule has 106 valence electrons. The molecule has 4 rings (SSSR count). The average Bonchev–Trinajstić information content (AvgIpc) is 3.13. The molecule has 0 radical (unpaired) electrons. The van der Waals surface area contributed by atoms with Gasteiger partial charge in [0.2, 0.25) is 0 Å². The zero-order valence-electron chi connectivity index (χ0n) is 11.8. The Morgan fingerprint density at radius 3 is 2.86 bits per heavy atom. The van der Waals surface area contributed by atoms with Crippen molar-refractivity contribution in [1.82, 2.24) is 14.8 Å². The van der Waals surface area contributed by atoms with Crippen molar-refractivity contribution < 1.29 is 0 Å². The number of aromatic nitrogens is 3. The molecule has 4 nitrogen and oxygen atoms in total. The summed E-state index contributed by atoms with van der Waals surface area (Å²) >= 11 is 1.79. The number of aryl methyl sites for hydroxylation is 1. The van der Waals surface area contributed by atoms with Gasteiger partial charge in [0.1, 0.15) is 11.5 Å². The van der Waals surface area contributed by atoms with Crippen molar-refractivity contribution in [2.24, 2.45) is 0 Å². The van der Waals surface area contributed by atoms with E-state index in [9.17, 15) is 0 Å². The lowest BCUT2D eigenvalue weighted by atomic mass is 10.0. The van der Waals surface area contributed by atoms with Gasteiger partial charge in [0.25, 0.3) is 0 Å². The van der Waals surface area contributed by atoms with E-state index in [4.69, 9.17) is 5.10 Å². The van der Waals surface area contributed by atoms with Gasteiger partial charge in [0.05, 0.1) is 10.9 Å². The Morgan fingerprint density at radius 1 is 1.24 bits per heavy atom. The van der Waals surface area contributed by atoms with E-state index in [1.165, 1.54) is 15.3 Å². The molecule has 4 heterocycles. The third-order valence-corrected chi connectivity index (χ3v) is 4.86. The van der Waals surface area contributed by atoms with Gasteiger partial charge in [-0.1, -0.05) is 0 Å². The maximum atomic E-state index is 4.84. The molecule has 5 heteroatoms. The summed E-state index contributed by atoms with van der Waals surface area (Å²) < 4.78 is 2.11. The van der Waals surface area contributed by atoms with Crippen molar-refractivity contribution in [3.05, 3.63) is 53.2 Å². The minimum Gasteiger partial charge on any atom is -0.370 e. The molecular formula is C16H16N4S. The highest BCUT2D eigenvalue weighted by atomic mass is 32.1. The van der Waals surface area contributed by atoms with Crippen molar-refractivity contribution in [2.45, 2.75) is 19.4 Å². The summed E-state index contributed by atoms with van der Waals surface area (Å²) in [4.78, 5) is 6.65. The molecule has 21 heavy (non-hydrogen) atoms. The van der Waals surface area contributed by atoms with Gasteiger partial charge < -0.3 is 5.32 Å². The van der Waals surface area contributed by atoms with Gasteiger partial charge in [0, 0.05) is 29.9 Å². The number of thiophene rings is 1. The fraction of sp³-hybridized carbons (Fsp3) is 0.250. The lowest BCUT2D eigenvalue weighted by Gasteiger charge is -2.25. The van der Waals surface area contributed by atoms with E-state index in [1.807, 2.05) is 12.4 Å². The maximum absolute atomic E-state index is 4.84. The van der Waals surface area contributed by atoms with Gasteiger partial charge in [0.15, 0.2) is 0 Å². The van der Waals surface area contributed by atoms with Crippen LogP contribution in [0.3, 0.4) is 0 Å². The van der Waals surface area contributed by atoms with Crippen molar-refractivity contribution in [3.63, 3.8) is 0 Å². The third-order valence-electron chi connectivity index (χ3n) is 3.84. The van der Waals surface area contributed by atoms with E-state index in [-0.39, 0.29) is 0 Å². The Hall–Kier alpha value is -2.14. The highest BCUT2D eigenvalue weighted by molar-refractivity contribution is 7.15. The molecule has 1 aliphatic heterocycles. The number of nitrogens with zero attached hydrogens (tertiary/aromatic N) is 3. The first-order chi connectivity index (χ1) is 10.3. The van der Waals surface area contributed by atoms with Crippen LogP contribution in [0, 0.1) is 6.92 Å².